The van der Waals surface area contributed by atoms with Gasteiger partial charge >= 0.3 is 0 Å². The fourth-order valence-corrected chi connectivity index (χ4v) is 1.62. The van der Waals surface area contributed by atoms with Gasteiger partial charge in [-0.15, -0.1) is 5.10 Å². The predicted octanol–water partition coefficient (Wildman–Crippen LogP) is 1.04. The normalized spacial score (nSPS) is 10.6. The maximum atomic E-state index is 4.04. The lowest BCUT2D eigenvalue weighted by Crippen LogP contribution is -2.09. The molecular formula is C11H10N6. The third kappa shape index (κ3) is 1.92. The number of nitrogens with zero attached hydrogens (tertiary/aromatic N) is 6. The predicted molar refractivity (Wildman–Crippen MR) is 60.9 cm³/mol. The summed E-state index contributed by atoms with van der Waals surface area (Å²) in [5, 5.41) is 11.7. The van der Waals surface area contributed by atoms with Gasteiger partial charge in [-0.25, -0.2) is 9.67 Å². The molecule has 6 nitrogen and oxygen atoms in total. The summed E-state index contributed by atoms with van der Waals surface area (Å²) >= 11 is 0. The van der Waals surface area contributed by atoms with Crippen LogP contribution in [-0.4, -0.2) is 29.8 Å². The van der Waals surface area contributed by atoms with E-state index in [0.717, 1.165) is 11.4 Å². The molecule has 17 heavy (non-hydrogen) atoms. The van der Waals surface area contributed by atoms with Gasteiger partial charge in [0.1, 0.15) is 6.67 Å². The van der Waals surface area contributed by atoms with Crippen LogP contribution in [-0.2, 0) is 6.67 Å². The number of hydrogen-bond acceptors (Lipinski definition) is 4. The number of tetrazole rings is 1. The molecule has 2 heterocycles. The lowest BCUT2D eigenvalue weighted by atomic mass is 10.2. The summed E-state index contributed by atoms with van der Waals surface area (Å²) in [5.74, 6) is 0.749. The zero-order valence-electron chi connectivity index (χ0n) is 9.01. The molecule has 0 radical (unpaired) electrons. The first kappa shape index (κ1) is 9.71. The molecule has 0 aliphatic rings. The fraction of sp³-hybridized carbons (Fsp3) is 0.0909. The molecule has 0 aliphatic carbocycles. The lowest BCUT2D eigenvalue weighted by Gasteiger charge is -2.04. The maximum absolute atomic E-state index is 4.04. The first-order valence-electron chi connectivity index (χ1n) is 5.21. The molecule has 2 aromatic heterocycles. The Morgan fingerprint density at radius 1 is 1.12 bits per heavy atom. The van der Waals surface area contributed by atoms with Crippen molar-refractivity contribution < 1.29 is 0 Å². The topological polar surface area (TPSA) is 61.4 Å². The van der Waals surface area contributed by atoms with Crippen molar-refractivity contribution in [1.29, 1.82) is 0 Å². The van der Waals surface area contributed by atoms with E-state index in [1.807, 2.05) is 41.1 Å². The highest BCUT2D eigenvalue weighted by atomic mass is 15.6. The summed E-state index contributed by atoms with van der Waals surface area (Å²) in [6, 6.07) is 9.86. The Bertz CT molecular complexity index is 583. The molecule has 0 atom stereocenters. The third-order valence-electron chi connectivity index (χ3n) is 2.42. The van der Waals surface area contributed by atoms with E-state index in [0.29, 0.717) is 6.67 Å². The van der Waals surface area contributed by atoms with Crippen molar-refractivity contribution in [1.82, 2.24) is 29.8 Å². The highest BCUT2D eigenvalue weighted by Gasteiger charge is 2.07. The van der Waals surface area contributed by atoms with Crippen LogP contribution >= 0.6 is 0 Å². The molecule has 0 unspecified atom stereocenters. The Labute approximate surface area is 97.5 Å². The number of aromatic nitrogens is 6. The van der Waals surface area contributed by atoms with Crippen molar-refractivity contribution in [3.05, 3.63) is 49.1 Å². The lowest BCUT2D eigenvalue weighted by molar-refractivity contribution is 0.534. The molecule has 0 aliphatic heterocycles. The molecule has 0 N–H and O–H groups in total. The van der Waals surface area contributed by atoms with E-state index in [-0.39, 0.29) is 0 Å². The van der Waals surface area contributed by atoms with Gasteiger partial charge in [0.25, 0.3) is 0 Å². The van der Waals surface area contributed by atoms with Crippen LogP contribution in [0, 0.1) is 0 Å². The van der Waals surface area contributed by atoms with Gasteiger partial charge < -0.3 is 4.57 Å². The molecule has 84 valence electrons. The van der Waals surface area contributed by atoms with Crippen molar-refractivity contribution in [2.45, 2.75) is 6.67 Å². The van der Waals surface area contributed by atoms with Crippen molar-refractivity contribution in [2.24, 2.45) is 0 Å². The van der Waals surface area contributed by atoms with E-state index < -0.39 is 0 Å². The standard InChI is InChI=1S/C11H10N6/c1-2-4-10(5-3-1)11-13-14-15-17(11)9-16-7-6-12-8-16/h1-8H,9H2. The average Bonchev–Trinajstić information content (AvgIpc) is 3.02. The van der Waals surface area contributed by atoms with Crippen LogP contribution in [0.15, 0.2) is 49.1 Å². The van der Waals surface area contributed by atoms with Gasteiger partial charge in [-0.2, -0.15) is 0 Å². The zero-order chi connectivity index (χ0) is 11.5. The molecule has 6 heteroatoms. The van der Waals surface area contributed by atoms with E-state index in [4.69, 9.17) is 0 Å². The fourth-order valence-electron chi connectivity index (χ4n) is 1.62. The first-order chi connectivity index (χ1) is 8.43. The molecule has 3 aromatic rings. The molecule has 1 aromatic carbocycles. The second kappa shape index (κ2) is 4.17. The van der Waals surface area contributed by atoms with E-state index in [2.05, 4.69) is 20.5 Å². The number of imidazole rings is 1. The summed E-state index contributed by atoms with van der Waals surface area (Å²) in [7, 11) is 0. The monoisotopic (exact) mass is 226 g/mol. The largest absolute Gasteiger partial charge is 0.317 e. The van der Waals surface area contributed by atoms with Gasteiger partial charge in [0.2, 0.25) is 0 Å². The Balaban J connectivity index is 1.95. The SMILES string of the molecule is c1ccc(-c2nnnn2Cn2ccnc2)cc1. The minimum Gasteiger partial charge on any atom is -0.317 e. The summed E-state index contributed by atoms with van der Waals surface area (Å²) in [4.78, 5) is 3.99. The van der Waals surface area contributed by atoms with Crippen molar-refractivity contribution >= 4 is 0 Å². The molecular weight excluding hydrogens is 216 g/mol. The molecule has 0 saturated heterocycles. The highest BCUT2D eigenvalue weighted by Crippen LogP contribution is 2.14. The van der Waals surface area contributed by atoms with Gasteiger partial charge in [-0.1, -0.05) is 30.3 Å². The van der Waals surface area contributed by atoms with E-state index in [9.17, 15) is 0 Å². The second-order valence-electron chi connectivity index (χ2n) is 3.59. The van der Waals surface area contributed by atoms with Gasteiger partial charge in [0.15, 0.2) is 5.82 Å². The molecule has 0 spiro atoms. The van der Waals surface area contributed by atoms with Crippen molar-refractivity contribution in [3.8, 4) is 11.4 Å². The number of benzene rings is 1. The van der Waals surface area contributed by atoms with Crippen molar-refractivity contribution in [3.63, 3.8) is 0 Å². The van der Waals surface area contributed by atoms with Gasteiger partial charge in [-0.3, -0.25) is 0 Å². The van der Waals surface area contributed by atoms with E-state index >= 15 is 0 Å². The smallest absolute Gasteiger partial charge is 0.183 e. The van der Waals surface area contributed by atoms with Gasteiger partial charge in [0, 0.05) is 18.0 Å². The zero-order valence-corrected chi connectivity index (χ0v) is 9.01. The minimum atomic E-state index is 0.553. The summed E-state index contributed by atoms with van der Waals surface area (Å²) in [6.07, 6.45) is 5.33. The Kier molecular flexibility index (Phi) is 2.38. The second-order valence-corrected chi connectivity index (χ2v) is 3.59. The Hall–Kier alpha value is -2.50. The number of hydrogen-bond donors (Lipinski definition) is 0. The molecule has 3 rings (SSSR count). The quantitative estimate of drug-likeness (QED) is 0.669. The van der Waals surface area contributed by atoms with Crippen LogP contribution in [0.3, 0.4) is 0 Å². The van der Waals surface area contributed by atoms with Crippen LogP contribution in [0.1, 0.15) is 0 Å². The number of rotatable bonds is 3. The van der Waals surface area contributed by atoms with Crippen LogP contribution in [0.4, 0.5) is 0 Å². The average molecular weight is 226 g/mol. The molecule has 0 amide bonds. The molecule has 0 fully saturated rings. The first-order valence-corrected chi connectivity index (χ1v) is 5.21. The van der Waals surface area contributed by atoms with E-state index in [1.54, 1.807) is 17.2 Å². The minimum absolute atomic E-state index is 0.553. The summed E-state index contributed by atoms with van der Waals surface area (Å²) < 4.78 is 3.64. The van der Waals surface area contributed by atoms with Crippen LogP contribution in [0.5, 0.6) is 0 Å². The van der Waals surface area contributed by atoms with E-state index in [1.165, 1.54) is 0 Å². The summed E-state index contributed by atoms with van der Waals surface area (Å²) in [5.41, 5.74) is 0.998. The Morgan fingerprint density at radius 2 is 2.00 bits per heavy atom. The van der Waals surface area contributed by atoms with Gasteiger partial charge in [0.05, 0.1) is 6.33 Å². The summed E-state index contributed by atoms with van der Waals surface area (Å²) in [6.45, 7) is 0.553. The van der Waals surface area contributed by atoms with Crippen LogP contribution in [0.25, 0.3) is 11.4 Å². The maximum Gasteiger partial charge on any atom is 0.183 e. The third-order valence-corrected chi connectivity index (χ3v) is 2.42. The Morgan fingerprint density at radius 3 is 2.76 bits per heavy atom. The highest BCUT2D eigenvalue weighted by molar-refractivity contribution is 5.53. The van der Waals surface area contributed by atoms with Crippen LogP contribution in [0.2, 0.25) is 0 Å². The van der Waals surface area contributed by atoms with Gasteiger partial charge in [-0.05, 0) is 10.4 Å². The van der Waals surface area contributed by atoms with Crippen molar-refractivity contribution in [2.75, 3.05) is 0 Å². The van der Waals surface area contributed by atoms with Crippen LogP contribution < -0.4 is 0 Å². The molecule has 0 bridgehead atoms. The molecule has 0 saturated carbocycles.